The van der Waals surface area contributed by atoms with Crippen LogP contribution in [0, 0.1) is 23.2 Å². The zero-order valence-electron chi connectivity index (χ0n) is 16.6. The van der Waals surface area contributed by atoms with Crippen molar-refractivity contribution in [3.63, 3.8) is 0 Å². The molecule has 5 aliphatic rings. The second kappa shape index (κ2) is 7.45. The van der Waals surface area contributed by atoms with E-state index in [1.54, 1.807) is 11.3 Å². The number of rotatable bonds is 5. The van der Waals surface area contributed by atoms with E-state index < -0.39 is 0 Å². The first kappa shape index (κ1) is 18.6. The number of hydrogen-bond acceptors (Lipinski definition) is 4. The van der Waals surface area contributed by atoms with Gasteiger partial charge in [-0.2, -0.15) is 0 Å². The van der Waals surface area contributed by atoms with Crippen molar-refractivity contribution in [3.8, 4) is 0 Å². The largest absolute Gasteiger partial charge is 0.347 e. The fourth-order valence-electron chi connectivity index (χ4n) is 6.62. The molecule has 5 nitrogen and oxygen atoms in total. The number of nitrogens with zero attached hydrogens (tertiary/aromatic N) is 2. The fourth-order valence-corrected chi connectivity index (χ4v) is 7.37. The molecule has 0 unspecified atom stereocenters. The number of hydrogen-bond donors (Lipinski definition) is 1. The Morgan fingerprint density at radius 1 is 1.04 bits per heavy atom. The summed E-state index contributed by atoms with van der Waals surface area (Å²) >= 11 is 1.79. The summed E-state index contributed by atoms with van der Waals surface area (Å²) in [5.74, 6) is 2.50. The van der Waals surface area contributed by atoms with E-state index in [9.17, 15) is 9.59 Å². The van der Waals surface area contributed by atoms with Gasteiger partial charge in [-0.25, -0.2) is 0 Å². The van der Waals surface area contributed by atoms with Gasteiger partial charge < -0.3 is 10.2 Å². The number of thiophene rings is 1. The first-order valence-electron chi connectivity index (χ1n) is 10.9. The molecule has 1 aromatic heterocycles. The van der Waals surface area contributed by atoms with Crippen molar-refractivity contribution in [2.24, 2.45) is 23.2 Å². The smallest absolute Gasteiger partial charge is 0.242 e. The highest BCUT2D eigenvalue weighted by atomic mass is 32.1. The van der Waals surface area contributed by atoms with Gasteiger partial charge in [0.15, 0.2) is 0 Å². The molecule has 0 atom stereocenters. The van der Waals surface area contributed by atoms with E-state index in [4.69, 9.17) is 0 Å². The van der Waals surface area contributed by atoms with Crippen LogP contribution in [0.2, 0.25) is 0 Å². The Hall–Kier alpha value is -1.40. The van der Waals surface area contributed by atoms with Gasteiger partial charge in [-0.05, 0) is 67.7 Å². The minimum absolute atomic E-state index is 0.0776. The summed E-state index contributed by atoms with van der Waals surface area (Å²) in [6, 6.07) is 4.26. The number of piperazine rings is 1. The first-order valence-corrected chi connectivity index (χ1v) is 11.8. The van der Waals surface area contributed by atoms with Crippen LogP contribution in [0.15, 0.2) is 17.5 Å². The average Bonchev–Trinajstić information content (AvgIpc) is 3.18. The maximum Gasteiger partial charge on any atom is 0.242 e. The summed E-state index contributed by atoms with van der Waals surface area (Å²) in [5.41, 5.74) is -0.158. The Bertz CT molecular complexity index is 689. The highest BCUT2D eigenvalue weighted by Crippen LogP contribution is 2.60. The van der Waals surface area contributed by atoms with Crippen LogP contribution in [0.4, 0.5) is 0 Å². The van der Waals surface area contributed by atoms with Crippen LogP contribution in [-0.2, 0) is 16.1 Å². The Balaban J connectivity index is 1.10. The summed E-state index contributed by atoms with van der Waals surface area (Å²) in [6.45, 7) is 4.49. The van der Waals surface area contributed by atoms with Crippen molar-refractivity contribution in [1.82, 2.24) is 15.1 Å². The molecule has 2 amide bonds. The lowest BCUT2D eigenvalue weighted by Gasteiger charge is -2.55. The molecule has 4 saturated carbocycles. The van der Waals surface area contributed by atoms with E-state index in [2.05, 4.69) is 27.7 Å². The van der Waals surface area contributed by atoms with Gasteiger partial charge in [-0.1, -0.05) is 6.07 Å². The lowest BCUT2D eigenvalue weighted by molar-refractivity contribution is -0.148. The van der Waals surface area contributed by atoms with Gasteiger partial charge in [-0.15, -0.1) is 11.3 Å². The Kier molecular flexibility index (Phi) is 4.95. The van der Waals surface area contributed by atoms with Crippen molar-refractivity contribution >= 4 is 23.2 Å². The molecule has 2 heterocycles. The molecule has 0 radical (unpaired) electrons. The highest BCUT2D eigenvalue weighted by Gasteiger charge is 2.54. The minimum Gasteiger partial charge on any atom is -0.347 e. The van der Waals surface area contributed by atoms with Crippen LogP contribution in [0.5, 0.6) is 0 Å². The van der Waals surface area contributed by atoms with Crippen LogP contribution in [0.1, 0.15) is 43.4 Å². The van der Waals surface area contributed by atoms with E-state index in [1.165, 1.54) is 24.1 Å². The molecule has 6 heteroatoms. The van der Waals surface area contributed by atoms with Crippen molar-refractivity contribution in [3.05, 3.63) is 22.4 Å². The third-order valence-corrected chi connectivity index (χ3v) is 8.47. The molecule has 1 aliphatic heterocycles. The van der Waals surface area contributed by atoms with Crippen LogP contribution in [0.25, 0.3) is 0 Å². The third kappa shape index (κ3) is 3.61. The topological polar surface area (TPSA) is 52.7 Å². The van der Waals surface area contributed by atoms with Gasteiger partial charge >= 0.3 is 0 Å². The maximum absolute atomic E-state index is 13.0. The molecule has 152 valence electrons. The van der Waals surface area contributed by atoms with Gasteiger partial charge in [-0.3, -0.25) is 14.5 Å². The van der Waals surface area contributed by atoms with E-state index in [0.29, 0.717) is 0 Å². The van der Waals surface area contributed by atoms with Crippen molar-refractivity contribution in [1.29, 1.82) is 0 Å². The number of nitrogens with one attached hydrogen (secondary N) is 1. The first-order chi connectivity index (χ1) is 13.6. The summed E-state index contributed by atoms with van der Waals surface area (Å²) in [4.78, 5) is 31.4. The van der Waals surface area contributed by atoms with Crippen LogP contribution >= 0.6 is 11.3 Å². The number of carbonyl (C=O) groups is 2. The molecule has 0 spiro atoms. The van der Waals surface area contributed by atoms with E-state index >= 15 is 0 Å². The molecule has 5 fully saturated rings. The number of carbonyl (C=O) groups excluding carboxylic acids is 2. The zero-order chi connectivity index (χ0) is 19.1. The lowest BCUT2D eigenvalue weighted by Crippen LogP contribution is -2.55. The van der Waals surface area contributed by atoms with Gasteiger partial charge in [0.2, 0.25) is 11.8 Å². The maximum atomic E-state index is 13.0. The average molecular weight is 402 g/mol. The Morgan fingerprint density at radius 3 is 2.25 bits per heavy atom. The molecule has 28 heavy (non-hydrogen) atoms. The van der Waals surface area contributed by atoms with Gasteiger partial charge in [0.25, 0.3) is 0 Å². The van der Waals surface area contributed by atoms with Crippen LogP contribution in [-0.4, -0.2) is 54.3 Å². The zero-order valence-corrected chi connectivity index (χ0v) is 17.4. The summed E-state index contributed by atoms with van der Waals surface area (Å²) in [5, 5.41) is 5.15. The summed E-state index contributed by atoms with van der Waals surface area (Å²) < 4.78 is 0. The van der Waals surface area contributed by atoms with Gasteiger partial charge in [0.1, 0.15) is 0 Å². The van der Waals surface area contributed by atoms with E-state index in [0.717, 1.165) is 69.7 Å². The van der Waals surface area contributed by atoms with Crippen molar-refractivity contribution in [2.75, 3.05) is 32.7 Å². The molecule has 4 aliphatic carbocycles. The second-order valence-electron chi connectivity index (χ2n) is 9.62. The van der Waals surface area contributed by atoms with Gasteiger partial charge in [0.05, 0.1) is 6.54 Å². The quantitative estimate of drug-likeness (QED) is 0.825. The van der Waals surface area contributed by atoms with E-state index in [1.807, 2.05) is 4.90 Å². The third-order valence-electron chi connectivity index (χ3n) is 7.60. The highest BCUT2D eigenvalue weighted by molar-refractivity contribution is 7.09. The molecular formula is C22H31N3O2S. The van der Waals surface area contributed by atoms with Gasteiger partial charge in [0, 0.05) is 43.0 Å². The van der Waals surface area contributed by atoms with Crippen molar-refractivity contribution in [2.45, 2.75) is 45.1 Å². The normalized spacial score (nSPS) is 34.6. The molecular weight excluding hydrogens is 370 g/mol. The second-order valence-corrected chi connectivity index (χ2v) is 10.6. The molecule has 1 N–H and O–H groups in total. The van der Waals surface area contributed by atoms with E-state index in [-0.39, 0.29) is 23.8 Å². The Labute approximate surface area is 171 Å². The molecule has 1 aromatic rings. The monoisotopic (exact) mass is 401 g/mol. The summed E-state index contributed by atoms with van der Waals surface area (Å²) in [6.07, 6.45) is 7.17. The Morgan fingerprint density at radius 2 is 1.68 bits per heavy atom. The SMILES string of the molecule is O=C(CNC(=O)C12CC3CC(CC(C3)C1)C2)N1CCN(Cc2cccs2)CC1. The predicted octanol–water partition coefficient (Wildman–Crippen LogP) is 2.72. The number of amides is 2. The van der Waals surface area contributed by atoms with Crippen LogP contribution < -0.4 is 5.32 Å². The minimum atomic E-state index is -0.158. The van der Waals surface area contributed by atoms with Crippen molar-refractivity contribution < 1.29 is 9.59 Å². The van der Waals surface area contributed by atoms with Crippen LogP contribution in [0.3, 0.4) is 0 Å². The molecule has 0 aromatic carbocycles. The molecule has 6 rings (SSSR count). The molecule has 4 bridgehead atoms. The fraction of sp³-hybridized carbons (Fsp3) is 0.727. The standard InChI is InChI=1S/C22H31N3O2S/c26-20(25-5-3-24(4-6-25)15-19-2-1-7-28-19)14-23-21(27)22-11-16-8-17(12-22)10-18(9-16)13-22/h1-2,7,16-18H,3-6,8-15H2,(H,23,27). The predicted molar refractivity (Wildman–Crippen MR) is 110 cm³/mol. The lowest BCUT2D eigenvalue weighted by atomic mass is 9.49. The summed E-state index contributed by atoms with van der Waals surface area (Å²) in [7, 11) is 0. The molecule has 1 saturated heterocycles.